The zero-order chi connectivity index (χ0) is 15.0. The summed E-state index contributed by atoms with van der Waals surface area (Å²) in [6.07, 6.45) is 0.736. The molecule has 0 spiro atoms. The lowest BCUT2D eigenvalue weighted by molar-refractivity contribution is -0.123. The molecule has 1 aromatic rings. The molecular weight excluding hydrogens is 263 g/mol. The Morgan fingerprint density at radius 1 is 1.50 bits per heavy atom. The number of nitrogens with one attached hydrogen (secondary N) is 1. The Bertz CT molecular complexity index is 438. The van der Waals surface area contributed by atoms with Crippen LogP contribution in [0.25, 0.3) is 0 Å². The molecule has 0 aliphatic rings. The van der Waals surface area contributed by atoms with Crippen LogP contribution in [0.5, 0.6) is 5.75 Å². The van der Waals surface area contributed by atoms with Crippen molar-refractivity contribution in [1.29, 1.82) is 0 Å². The molecule has 20 heavy (non-hydrogen) atoms. The van der Waals surface area contributed by atoms with Gasteiger partial charge in [0.15, 0.2) is 6.61 Å². The Kier molecular flexibility index (Phi) is 6.97. The molecule has 0 saturated heterocycles. The van der Waals surface area contributed by atoms with Crippen molar-refractivity contribution in [3.63, 3.8) is 0 Å². The van der Waals surface area contributed by atoms with Gasteiger partial charge >= 0.3 is 0 Å². The van der Waals surface area contributed by atoms with Gasteiger partial charge in [0.25, 0.3) is 5.91 Å². The van der Waals surface area contributed by atoms with Crippen LogP contribution in [0.15, 0.2) is 18.2 Å². The van der Waals surface area contributed by atoms with Crippen molar-refractivity contribution in [2.75, 3.05) is 26.9 Å². The Morgan fingerprint density at radius 2 is 2.25 bits per heavy atom. The van der Waals surface area contributed by atoms with Crippen LogP contribution in [-0.2, 0) is 9.53 Å². The molecule has 1 aromatic carbocycles. The summed E-state index contributed by atoms with van der Waals surface area (Å²) in [5, 5.41) is 2.67. The molecule has 1 amide bonds. The summed E-state index contributed by atoms with van der Waals surface area (Å²) in [5.41, 5.74) is 6.03. The topological polar surface area (TPSA) is 73.6 Å². The van der Waals surface area contributed by atoms with E-state index in [2.05, 4.69) is 5.32 Å². The Labute approximate surface area is 118 Å². The lowest BCUT2D eigenvalue weighted by Crippen LogP contribution is -2.30. The second kappa shape index (κ2) is 8.50. The minimum Gasteiger partial charge on any atom is -0.484 e. The first-order valence-electron chi connectivity index (χ1n) is 6.48. The van der Waals surface area contributed by atoms with Gasteiger partial charge in [0.1, 0.15) is 11.6 Å². The normalized spacial score (nSPS) is 12.0. The minimum atomic E-state index is -0.432. The summed E-state index contributed by atoms with van der Waals surface area (Å²) in [7, 11) is 1.60. The molecule has 6 heteroatoms. The van der Waals surface area contributed by atoms with Crippen LogP contribution in [-0.4, -0.2) is 32.8 Å². The standard InChI is InChI=1S/C14H21FN2O3/c1-10(16)12-5-4-11(8-13(12)15)20-9-14(18)17-6-3-7-19-2/h4-5,8,10H,3,6-7,9,16H2,1-2H3,(H,17,18)/t10-/m0/s1. The van der Waals surface area contributed by atoms with Crippen molar-refractivity contribution in [1.82, 2.24) is 5.32 Å². The number of hydrogen-bond acceptors (Lipinski definition) is 4. The van der Waals surface area contributed by atoms with E-state index in [1.807, 2.05) is 0 Å². The van der Waals surface area contributed by atoms with Crippen LogP contribution >= 0.6 is 0 Å². The highest BCUT2D eigenvalue weighted by Crippen LogP contribution is 2.20. The number of nitrogens with two attached hydrogens (primary N) is 1. The van der Waals surface area contributed by atoms with E-state index in [-0.39, 0.29) is 18.6 Å². The molecule has 5 nitrogen and oxygen atoms in total. The van der Waals surface area contributed by atoms with E-state index in [1.165, 1.54) is 6.07 Å². The molecule has 0 heterocycles. The molecule has 112 valence electrons. The largest absolute Gasteiger partial charge is 0.484 e. The number of hydrogen-bond donors (Lipinski definition) is 2. The van der Waals surface area contributed by atoms with Gasteiger partial charge in [0.05, 0.1) is 0 Å². The van der Waals surface area contributed by atoms with E-state index in [4.69, 9.17) is 15.2 Å². The molecule has 0 unspecified atom stereocenters. The maximum atomic E-state index is 13.6. The summed E-state index contributed by atoms with van der Waals surface area (Å²) < 4.78 is 23.7. The van der Waals surface area contributed by atoms with Crippen molar-refractivity contribution < 1.29 is 18.7 Å². The van der Waals surface area contributed by atoms with Gasteiger partial charge in [-0.15, -0.1) is 0 Å². The number of carbonyl (C=O) groups excluding carboxylic acids is 1. The van der Waals surface area contributed by atoms with E-state index in [1.54, 1.807) is 26.2 Å². The Hall–Kier alpha value is -1.66. The van der Waals surface area contributed by atoms with E-state index in [9.17, 15) is 9.18 Å². The third-order valence-electron chi connectivity index (χ3n) is 2.68. The number of halogens is 1. The van der Waals surface area contributed by atoms with Crippen molar-refractivity contribution in [3.05, 3.63) is 29.6 Å². The molecule has 0 bridgehead atoms. The smallest absolute Gasteiger partial charge is 0.257 e. The van der Waals surface area contributed by atoms with E-state index in [0.717, 1.165) is 6.42 Å². The van der Waals surface area contributed by atoms with Gasteiger partial charge in [-0.25, -0.2) is 4.39 Å². The summed E-state index contributed by atoms with van der Waals surface area (Å²) in [4.78, 5) is 11.4. The van der Waals surface area contributed by atoms with Gasteiger partial charge in [0, 0.05) is 37.9 Å². The van der Waals surface area contributed by atoms with Crippen LogP contribution in [0.2, 0.25) is 0 Å². The van der Waals surface area contributed by atoms with Crippen molar-refractivity contribution >= 4 is 5.91 Å². The monoisotopic (exact) mass is 284 g/mol. The van der Waals surface area contributed by atoms with Crippen LogP contribution in [0, 0.1) is 5.82 Å². The van der Waals surface area contributed by atoms with Gasteiger partial charge in [0.2, 0.25) is 0 Å². The third-order valence-corrected chi connectivity index (χ3v) is 2.68. The molecule has 0 aliphatic carbocycles. The van der Waals surface area contributed by atoms with Gasteiger partial charge in [-0.1, -0.05) is 6.07 Å². The summed E-state index contributed by atoms with van der Waals surface area (Å²) in [5.74, 6) is -0.380. The molecular formula is C14H21FN2O3. The maximum Gasteiger partial charge on any atom is 0.257 e. The molecule has 1 rings (SSSR count). The summed E-state index contributed by atoms with van der Waals surface area (Å²) in [6, 6.07) is 4.01. The summed E-state index contributed by atoms with van der Waals surface area (Å²) in [6.45, 7) is 2.66. The first-order valence-corrected chi connectivity index (χ1v) is 6.48. The van der Waals surface area contributed by atoms with Crippen molar-refractivity contribution in [2.45, 2.75) is 19.4 Å². The molecule has 0 saturated carbocycles. The average molecular weight is 284 g/mol. The van der Waals surface area contributed by atoms with Crippen molar-refractivity contribution in [3.8, 4) is 5.75 Å². The molecule has 3 N–H and O–H groups in total. The lowest BCUT2D eigenvalue weighted by atomic mass is 10.1. The zero-order valence-electron chi connectivity index (χ0n) is 11.8. The number of methoxy groups -OCH3 is 1. The van der Waals surface area contributed by atoms with Crippen LogP contribution in [0.1, 0.15) is 24.9 Å². The van der Waals surface area contributed by atoms with E-state index < -0.39 is 5.82 Å². The van der Waals surface area contributed by atoms with Gasteiger partial charge in [-0.2, -0.15) is 0 Å². The minimum absolute atomic E-state index is 0.149. The highest BCUT2D eigenvalue weighted by atomic mass is 19.1. The number of rotatable bonds is 8. The highest BCUT2D eigenvalue weighted by molar-refractivity contribution is 5.77. The Morgan fingerprint density at radius 3 is 2.85 bits per heavy atom. The maximum absolute atomic E-state index is 13.6. The number of ether oxygens (including phenoxy) is 2. The number of amides is 1. The second-order valence-corrected chi connectivity index (χ2v) is 4.46. The van der Waals surface area contributed by atoms with Crippen LogP contribution < -0.4 is 15.8 Å². The first-order chi connectivity index (χ1) is 9.54. The lowest BCUT2D eigenvalue weighted by Gasteiger charge is -2.10. The highest BCUT2D eigenvalue weighted by Gasteiger charge is 2.09. The second-order valence-electron chi connectivity index (χ2n) is 4.46. The first kappa shape index (κ1) is 16.4. The fraction of sp³-hybridized carbons (Fsp3) is 0.500. The third kappa shape index (κ3) is 5.54. The summed E-state index contributed by atoms with van der Waals surface area (Å²) >= 11 is 0. The molecule has 0 fully saturated rings. The van der Waals surface area contributed by atoms with Gasteiger partial charge in [-0.05, 0) is 19.4 Å². The van der Waals surface area contributed by atoms with Gasteiger partial charge in [-0.3, -0.25) is 4.79 Å². The number of carbonyl (C=O) groups is 1. The fourth-order valence-electron chi connectivity index (χ4n) is 1.61. The zero-order valence-corrected chi connectivity index (χ0v) is 11.8. The van der Waals surface area contributed by atoms with E-state index >= 15 is 0 Å². The average Bonchev–Trinajstić information content (AvgIpc) is 2.41. The van der Waals surface area contributed by atoms with Gasteiger partial charge < -0.3 is 20.5 Å². The molecule has 1 atom stereocenters. The SMILES string of the molecule is COCCCNC(=O)COc1ccc([C@H](C)N)c(F)c1. The predicted molar refractivity (Wildman–Crippen MR) is 74.0 cm³/mol. The number of benzene rings is 1. The Balaban J connectivity index is 2.38. The molecule has 0 radical (unpaired) electrons. The van der Waals surface area contributed by atoms with Crippen molar-refractivity contribution in [2.24, 2.45) is 5.73 Å². The quantitative estimate of drug-likeness (QED) is 0.707. The van der Waals surface area contributed by atoms with E-state index in [0.29, 0.717) is 24.5 Å². The molecule has 0 aliphatic heterocycles. The fourth-order valence-corrected chi connectivity index (χ4v) is 1.61. The van der Waals surface area contributed by atoms with Crippen LogP contribution in [0.3, 0.4) is 0 Å². The molecule has 0 aromatic heterocycles. The predicted octanol–water partition coefficient (Wildman–Crippen LogP) is 1.38. The van der Waals surface area contributed by atoms with Crippen LogP contribution in [0.4, 0.5) is 4.39 Å².